The van der Waals surface area contributed by atoms with Crippen molar-refractivity contribution in [3.63, 3.8) is 0 Å². The van der Waals surface area contributed by atoms with Crippen LogP contribution in [0.1, 0.15) is 22.3 Å². The van der Waals surface area contributed by atoms with E-state index in [1.165, 1.54) is 18.3 Å². The molecule has 0 fully saturated rings. The zero-order valence-corrected chi connectivity index (χ0v) is 26.3. The molecule has 0 radical (unpaired) electrons. The minimum atomic E-state index is -4.64. The second kappa shape index (κ2) is 14.2. The third-order valence-corrected chi connectivity index (χ3v) is 7.47. The van der Waals surface area contributed by atoms with E-state index in [0.29, 0.717) is 33.9 Å². The van der Waals surface area contributed by atoms with Crippen molar-refractivity contribution < 1.29 is 26.3 Å². The van der Waals surface area contributed by atoms with Gasteiger partial charge in [-0.3, -0.25) is 0 Å². The summed E-state index contributed by atoms with van der Waals surface area (Å²) in [5.41, 5.74) is -0.389. The average Bonchev–Trinajstić information content (AvgIpc) is 3.65. The van der Waals surface area contributed by atoms with Crippen molar-refractivity contribution in [2.24, 2.45) is 0 Å². The number of aromatic amines is 2. The number of rotatable bonds is 1. The van der Waals surface area contributed by atoms with Gasteiger partial charge in [-0.15, -0.1) is 0 Å². The van der Waals surface area contributed by atoms with Gasteiger partial charge in [0.1, 0.15) is 28.4 Å². The minimum absolute atomic E-state index is 0.130. The molecule has 0 atom stereocenters. The summed E-state index contributed by atoms with van der Waals surface area (Å²) in [6.45, 7) is 0. The molecular weight excluding hydrogens is 740 g/mol. The number of aromatic nitrogens is 6. The highest BCUT2D eigenvalue weighted by Crippen LogP contribution is 2.40. The van der Waals surface area contributed by atoms with Crippen LogP contribution in [0.3, 0.4) is 0 Å². The van der Waals surface area contributed by atoms with Gasteiger partial charge in [-0.25, -0.2) is 19.9 Å². The molecule has 0 saturated heterocycles. The van der Waals surface area contributed by atoms with E-state index in [1.54, 1.807) is 12.3 Å². The van der Waals surface area contributed by atoms with Crippen LogP contribution in [0.15, 0.2) is 55.1 Å². The Bertz CT molecular complexity index is 2180. The van der Waals surface area contributed by atoms with Crippen LogP contribution in [-0.2, 0) is 12.4 Å². The van der Waals surface area contributed by atoms with Gasteiger partial charge in [-0.2, -0.15) is 36.9 Å². The second-order valence-corrected chi connectivity index (χ2v) is 10.7. The molecule has 47 heavy (non-hydrogen) atoms. The number of H-pyrrole nitrogens is 2. The fourth-order valence-corrected chi connectivity index (χ4v) is 5.00. The van der Waals surface area contributed by atoms with E-state index in [2.05, 4.69) is 29.9 Å². The highest BCUT2D eigenvalue weighted by Gasteiger charge is 2.36. The molecule has 19 heteroatoms. The van der Waals surface area contributed by atoms with Crippen molar-refractivity contribution in [2.75, 3.05) is 0 Å². The maximum atomic E-state index is 13.2. The molecule has 0 aliphatic heterocycles. The Kier molecular flexibility index (Phi) is 10.7. The van der Waals surface area contributed by atoms with Gasteiger partial charge >= 0.3 is 12.4 Å². The minimum Gasteiger partial charge on any atom is -0.360 e. The third kappa shape index (κ3) is 7.99. The maximum Gasteiger partial charge on any atom is 0.420 e. The Morgan fingerprint density at radius 3 is 1.79 bits per heavy atom. The molecule has 4 heterocycles. The number of nitrogens with zero attached hydrogens (tertiary/aromatic N) is 6. The number of benzene rings is 2. The number of fused-ring (bicyclic) bond motifs is 2. The summed E-state index contributed by atoms with van der Waals surface area (Å²) in [5, 5.41) is 18.4. The summed E-state index contributed by atoms with van der Waals surface area (Å²) in [4.78, 5) is 19.2. The van der Waals surface area contributed by atoms with Crippen LogP contribution in [-0.4, -0.2) is 29.9 Å². The fourth-order valence-electron chi connectivity index (χ4n) is 3.93. The number of nitrogens with one attached hydrogen (secondary N) is 2. The summed E-state index contributed by atoms with van der Waals surface area (Å²) in [6.07, 6.45) is -4.86. The fraction of sp³-hybridized carbons (Fsp3) is 0.0714. The molecule has 6 rings (SSSR count). The smallest absolute Gasteiger partial charge is 0.360 e. The molecular formula is C28H11Cl5F6N8. The molecule has 0 aliphatic carbocycles. The SMILES string of the molecule is FC(F)(F)c1cnc(Cl)nc1Cl.N#Cc1ccc2c(-c3nc(Cl)ncc3C(F)(F)F)c[nH]c2c1Cl.N#Cc1ccc2cc[nH]c2c1Cl. The Labute approximate surface area is 284 Å². The normalized spacial score (nSPS) is 11.3. The summed E-state index contributed by atoms with van der Waals surface area (Å²) in [5.74, 6) is 0. The van der Waals surface area contributed by atoms with E-state index in [9.17, 15) is 26.3 Å². The number of hydrogen-bond donors (Lipinski definition) is 2. The first-order valence-corrected chi connectivity index (χ1v) is 14.2. The molecule has 0 amide bonds. The number of nitriles is 2. The van der Waals surface area contributed by atoms with Gasteiger partial charge in [0, 0.05) is 41.1 Å². The molecule has 0 aliphatic rings. The zero-order chi connectivity index (χ0) is 34.7. The van der Waals surface area contributed by atoms with Crippen LogP contribution >= 0.6 is 58.0 Å². The van der Waals surface area contributed by atoms with Gasteiger partial charge in [0.15, 0.2) is 0 Å². The second-order valence-electron chi connectivity index (χ2n) is 8.88. The van der Waals surface area contributed by atoms with Crippen molar-refractivity contribution in [1.82, 2.24) is 29.9 Å². The van der Waals surface area contributed by atoms with E-state index < -0.39 is 28.6 Å². The Balaban J connectivity index is 0.000000176. The van der Waals surface area contributed by atoms with Gasteiger partial charge < -0.3 is 9.97 Å². The van der Waals surface area contributed by atoms with Crippen molar-refractivity contribution in [1.29, 1.82) is 10.5 Å². The topological polar surface area (TPSA) is 131 Å². The van der Waals surface area contributed by atoms with Crippen molar-refractivity contribution in [3.05, 3.63) is 103 Å². The predicted molar refractivity (Wildman–Crippen MR) is 164 cm³/mol. The average molecular weight is 751 g/mol. The van der Waals surface area contributed by atoms with Crippen LogP contribution in [0.4, 0.5) is 26.3 Å². The van der Waals surface area contributed by atoms with Crippen LogP contribution in [0.25, 0.3) is 33.1 Å². The van der Waals surface area contributed by atoms with Gasteiger partial charge in [0.05, 0.1) is 37.9 Å². The summed E-state index contributed by atoms with van der Waals surface area (Å²) < 4.78 is 75.4. The summed E-state index contributed by atoms with van der Waals surface area (Å²) in [6, 6.07) is 12.4. The highest BCUT2D eigenvalue weighted by molar-refractivity contribution is 6.37. The Morgan fingerprint density at radius 1 is 0.660 bits per heavy atom. The highest BCUT2D eigenvalue weighted by atomic mass is 35.5. The lowest BCUT2D eigenvalue weighted by atomic mass is 10.0. The Morgan fingerprint density at radius 2 is 1.21 bits per heavy atom. The lowest BCUT2D eigenvalue weighted by Gasteiger charge is -2.11. The van der Waals surface area contributed by atoms with Crippen molar-refractivity contribution >= 4 is 79.8 Å². The largest absolute Gasteiger partial charge is 0.420 e. The molecule has 0 spiro atoms. The lowest BCUT2D eigenvalue weighted by Crippen LogP contribution is -2.09. The van der Waals surface area contributed by atoms with Crippen molar-refractivity contribution in [3.8, 4) is 23.4 Å². The summed E-state index contributed by atoms with van der Waals surface area (Å²) >= 11 is 28.0. The van der Waals surface area contributed by atoms with E-state index in [-0.39, 0.29) is 32.4 Å². The van der Waals surface area contributed by atoms with Crippen molar-refractivity contribution in [2.45, 2.75) is 12.4 Å². The van der Waals surface area contributed by atoms with Gasteiger partial charge in [0.25, 0.3) is 0 Å². The summed E-state index contributed by atoms with van der Waals surface area (Å²) in [7, 11) is 0. The molecule has 2 N–H and O–H groups in total. The van der Waals surface area contributed by atoms with E-state index in [1.807, 2.05) is 24.3 Å². The molecule has 4 aromatic heterocycles. The van der Waals surface area contributed by atoms with Gasteiger partial charge in [-0.1, -0.05) is 46.9 Å². The monoisotopic (exact) mass is 748 g/mol. The first kappa shape index (κ1) is 35.5. The van der Waals surface area contributed by atoms with E-state index >= 15 is 0 Å². The molecule has 240 valence electrons. The predicted octanol–water partition coefficient (Wildman–Crippen LogP) is 10.3. The molecule has 6 aromatic rings. The van der Waals surface area contributed by atoms with E-state index in [0.717, 1.165) is 10.9 Å². The molecule has 0 bridgehead atoms. The first-order chi connectivity index (χ1) is 22.1. The third-order valence-electron chi connectivity index (χ3n) is 6.04. The quantitative estimate of drug-likeness (QED) is 0.0977. The van der Waals surface area contributed by atoms with Crippen LogP contribution in [0.2, 0.25) is 25.8 Å². The first-order valence-electron chi connectivity index (χ1n) is 12.3. The van der Waals surface area contributed by atoms with E-state index in [4.69, 9.17) is 68.5 Å². The van der Waals surface area contributed by atoms with Gasteiger partial charge in [-0.05, 0) is 41.4 Å². The maximum absolute atomic E-state index is 13.2. The number of halogens is 11. The standard InChI is InChI=1S/C14H5Cl2F3N4.C9H5ClN2.C5HCl2F3N2/c15-10-6(3-20)1-2-7-8(4-21-12(7)10)11-9(14(17,18)19)5-22-13(16)23-11;10-8-7(5-11)2-1-6-3-4-12-9(6)8;6-3-2(5(8,9)10)1-11-4(7)12-3/h1-2,4-5,21H;1-4,12H;1H. The molecule has 8 nitrogen and oxygen atoms in total. The lowest BCUT2D eigenvalue weighted by molar-refractivity contribution is -0.138. The molecule has 0 saturated carbocycles. The number of alkyl halides is 6. The zero-order valence-electron chi connectivity index (χ0n) is 22.5. The molecule has 2 aromatic carbocycles. The van der Waals surface area contributed by atoms with Gasteiger partial charge in [0.2, 0.25) is 10.6 Å². The van der Waals surface area contributed by atoms with Crippen LogP contribution in [0.5, 0.6) is 0 Å². The Hall–Kier alpha value is -4.31. The number of hydrogen-bond acceptors (Lipinski definition) is 6. The van der Waals surface area contributed by atoms with Crippen LogP contribution in [0, 0.1) is 22.7 Å². The van der Waals surface area contributed by atoms with Crippen LogP contribution < -0.4 is 0 Å². The molecule has 0 unspecified atom stereocenters.